The molecule has 0 aliphatic carbocycles. The van der Waals surface area contributed by atoms with Crippen LogP contribution in [0.4, 0.5) is 4.39 Å². The quantitative estimate of drug-likeness (QED) is 0.771. The minimum Gasteiger partial charge on any atom is -0.423 e. The van der Waals surface area contributed by atoms with Crippen molar-refractivity contribution < 1.29 is 18.3 Å². The lowest BCUT2D eigenvalue weighted by Gasteiger charge is -2.31. The molecule has 1 unspecified atom stereocenters. The molecule has 0 radical (unpaired) electrons. The van der Waals surface area contributed by atoms with Crippen LogP contribution in [0.15, 0.2) is 34.9 Å². The number of hydrogen-bond acceptors (Lipinski definition) is 6. The zero-order valence-electron chi connectivity index (χ0n) is 14.0. The van der Waals surface area contributed by atoms with Crippen molar-refractivity contribution in [3.8, 4) is 11.3 Å². The average molecular weight is 357 g/mol. The molecule has 1 fully saturated rings. The van der Waals surface area contributed by atoms with Crippen molar-refractivity contribution in [1.29, 1.82) is 0 Å². The van der Waals surface area contributed by atoms with Gasteiger partial charge in [0, 0.05) is 19.0 Å². The minimum absolute atomic E-state index is 0.262. The summed E-state index contributed by atoms with van der Waals surface area (Å²) >= 11 is 0. The van der Waals surface area contributed by atoms with Crippen molar-refractivity contribution in [2.75, 3.05) is 19.7 Å². The highest BCUT2D eigenvalue weighted by molar-refractivity contribution is 5.99. The van der Waals surface area contributed by atoms with Crippen LogP contribution in [-0.4, -0.2) is 50.9 Å². The summed E-state index contributed by atoms with van der Waals surface area (Å²) in [5.74, 6) is 0.0822. The number of carbonyl (C=O) groups is 1. The summed E-state index contributed by atoms with van der Waals surface area (Å²) in [7, 11) is 0. The minimum atomic E-state index is -0.488. The van der Waals surface area contributed by atoms with Gasteiger partial charge in [-0.25, -0.2) is 4.39 Å². The Bertz CT molecular complexity index is 938. The molecule has 0 bridgehead atoms. The SMILES string of the molecule is Cc1nnc(C2CN(C(=O)c3cn[nH]c3-c3ccccc3F)CCO2)o1. The Labute approximate surface area is 148 Å². The fraction of sp³-hybridized carbons (Fsp3) is 0.294. The summed E-state index contributed by atoms with van der Waals surface area (Å²) in [5.41, 5.74) is 0.952. The van der Waals surface area contributed by atoms with Crippen LogP contribution < -0.4 is 0 Å². The van der Waals surface area contributed by atoms with Crippen LogP contribution in [0, 0.1) is 12.7 Å². The number of benzene rings is 1. The lowest BCUT2D eigenvalue weighted by Crippen LogP contribution is -2.42. The molecule has 0 spiro atoms. The number of aryl methyl sites for hydroxylation is 1. The van der Waals surface area contributed by atoms with Crippen molar-refractivity contribution in [3.05, 3.63) is 53.6 Å². The van der Waals surface area contributed by atoms with Gasteiger partial charge in [-0.3, -0.25) is 9.89 Å². The van der Waals surface area contributed by atoms with E-state index in [1.54, 1.807) is 30.0 Å². The first-order chi connectivity index (χ1) is 12.6. The number of carbonyl (C=O) groups excluding carboxylic acids is 1. The molecule has 4 rings (SSSR count). The van der Waals surface area contributed by atoms with Crippen LogP contribution >= 0.6 is 0 Å². The van der Waals surface area contributed by atoms with Gasteiger partial charge in [0.2, 0.25) is 11.8 Å². The molecule has 3 aromatic rings. The third-order valence-electron chi connectivity index (χ3n) is 4.18. The van der Waals surface area contributed by atoms with E-state index in [1.807, 2.05) is 0 Å². The monoisotopic (exact) mass is 357 g/mol. The lowest BCUT2D eigenvalue weighted by molar-refractivity contribution is -0.0349. The summed E-state index contributed by atoms with van der Waals surface area (Å²) in [6.45, 7) is 2.70. The van der Waals surface area contributed by atoms with Gasteiger partial charge in [-0.05, 0) is 12.1 Å². The Morgan fingerprint density at radius 2 is 2.19 bits per heavy atom. The fourth-order valence-electron chi connectivity index (χ4n) is 2.91. The summed E-state index contributed by atoms with van der Waals surface area (Å²) in [6.07, 6.45) is 0.920. The first-order valence-corrected chi connectivity index (χ1v) is 8.12. The lowest BCUT2D eigenvalue weighted by atomic mass is 10.1. The van der Waals surface area contributed by atoms with Gasteiger partial charge in [0.15, 0.2) is 6.10 Å². The Balaban J connectivity index is 1.59. The van der Waals surface area contributed by atoms with Crippen LogP contribution in [0.2, 0.25) is 0 Å². The predicted molar refractivity (Wildman–Crippen MR) is 87.6 cm³/mol. The van der Waals surface area contributed by atoms with E-state index in [0.717, 1.165) is 0 Å². The first-order valence-electron chi connectivity index (χ1n) is 8.12. The molecular weight excluding hydrogens is 341 g/mol. The van der Waals surface area contributed by atoms with E-state index in [-0.39, 0.29) is 12.5 Å². The molecular formula is C17H16FN5O3. The molecule has 0 saturated carbocycles. The highest BCUT2D eigenvalue weighted by Crippen LogP contribution is 2.27. The maximum Gasteiger partial charge on any atom is 0.257 e. The van der Waals surface area contributed by atoms with E-state index in [4.69, 9.17) is 9.15 Å². The molecule has 1 aliphatic heterocycles. The maximum atomic E-state index is 14.1. The standard InChI is InChI=1S/C17H16FN5O3/c1-10-20-22-16(26-10)14-9-23(6-7-25-14)17(24)12-8-19-21-15(12)11-4-2-3-5-13(11)18/h2-5,8,14H,6-7,9H2,1H3,(H,19,21). The molecule has 2 aromatic heterocycles. The fourth-order valence-corrected chi connectivity index (χ4v) is 2.91. The van der Waals surface area contributed by atoms with Gasteiger partial charge < -0.3 is 14.1 Å². The zero-order valence-corrected chi connectivity index (χ0v) is 14.0. The molecule has 1 amide bonds. The Hall–Kier alpha value is -3.07. The molecule has 26 heavy (non-hydrogen) atoms. The van der Waals surface area contributed by atoms with Gasteiger partial charge in [-0.1, -0.05) is 12.1 Å². The van der Waals surface area contributed by atoms with Crippen molar-refractivity contribution in [1.82, 2.24) is 25.3 Å². The molecule has 134 valence electrons. The van der Waals surface area contributed by atoms with Crippen LogP contribution in [0.5, 0.6) is 0 Å². The van der Waals surface area contributed by atoms with Crippen molar-refractivity contribution in [3.63, 3.8) is 0 Å². The Morgan fingerprint density at radius 3 is 2.96 bits per heavy atom. The van der Waals surface area contributed by atoms with Crippen LogP contribution in [-0.2, 0) is 4.74 Å². The average Bonchev–Trinajstić information content (AvgIpc) is 3.31. The van der Waals surface area contributed by atoms with Crippen molar-refractivity contribution in [2.24, 2.45) is 0 Å². The summed E-state index contributed by atoms with van der Waals surface area (Å²) in [4.78, 5) is 14.6. The van der Waals surface area contributed by atoms with Gasteiger partial charge >= 0.3 is 0 Å². The maximum absolute atomic E-state index is 14.1. The Kier molecular flexibility index (Phi) is 4.21. The van der Waals surface area contributed by atoms with E-state index in [9.17, 15) is 9.18 Å². The number of halogens is 1. The van der Waals surface area contributed by atoms with Crippen LogP contribution in [0.3, 0.4) is 0 Å². The molecule has 8 nitrogen and oxygen atoms in total. The number of ether oxygens (including phenoxy) is 1. The first kappa shape index (κ1) is 16.4. The van der Waals surface area contributed by atoms with Gasteiger partial charge in [0.1, 0.15) is 5.82 Å². The van der Waals surface area contributed by atoms with Gasteiger partial charge in [0.05, 0.1) is 30.6 Å². The smallest absolute Gasteiger partial charge is 0.257 e. The molecule has 1 aromatic carbocycles. The number of nitrogens with zero attached hydrogens (tertiary/aromatic N) is 4. The molecule has 3 heterocycles. The number of hydrogen-bond donors (Lipinski definition) is 1. The van der Waals surface area contributed by atoms with Gasteiger partial charge in [0.25, 0.3) is 5.91 Å². The van der Waals surface area contributed by atoms with E-state index >= 15 is 0 Å². The number of morpholine rings is 1. The van der Waals surface area contributed by atoms with Crippen LogP contribution in [0.1, 0.15) is 28.2 Å². The highest BCUT2D eigenvalue weighted by atomic mass is 19.1. The number of rotatable bonds is 3. The highest BCUT2D eigenvalue weighted by Gasteiger charge is 2.31. The topological polar surface area (TPSA) is 97.1 Å². The van der Waals surface area contributed by atoms with E-state index in [2.05, 4.69) is 20.4 Å². The second-order valence-electron chi connectivity index (χ2n) is 5.91. The third-order valence-corrected chi connectivity index (χ3v) is 4.18. The number of amides is 1. The van der Waals surface area contributed by atoms with Crippen LogP contribution in [0.25, 0.3) is 11.3 Å². The summed E-state index contributed by atoms with van der Waals surface area (Å²) < 4.78 is 25.1. The molecule has 1 N–H and O–H groups in total. The van der Waals surface area contributed by atoms with Gasteiger partial charge in [-0.2, -0.15) is 5.10 Å². The largest absolute Gasteiger partial charge is 0.423 e. The van der Waals surface area contributed by atoms with Gasteiger partial charge in [-0.15, -0.1) is 10.2 Å². The van der Waals surface area contributed by atoms with E-state index in [0.29, 0.717) is 41.8 Å². The normalized spacial score (nSPS) is 17.5. The zero-order chi connectivity index (χ0) is 18.1. The second-order valence-corrected chi connectivity index (χ2v) is 5.91. The molecule has 1 saturated heterocycles. The molecule has 9 heteroatoms. The van der Waals surface area contributed by atoms with E-state index in [1.165, 1.54) is 12.3 Å². The number of H-pyrrole nitrogens is 1. The second kappa shape index (κ2) is 6.68. The van der Waals surface area contributed by atoms with E-state index < -0.39 is 11.9 Å². The van der Waals surface area contributed by atoms with Crippen molar-refractivity contribution >= 4 is 5.91 Å². The third kappa shape index (κ3) is 2.97. The number of nitrogens with one attached hydrogen (secondary N) is 1. The van der Waals surface area contributed by atoms with Crippen molar-refractivity contribution in [2.45, 2.75) is 13.0 Å². The molecule has 1 aliphatic rings. The summed E-state index contributed by atoms with van der Waals surface area (Å²) in [6, 6.07) is 6.24. The number of aromatic amines is 1. The Morgan fingerprint density at radius 1 is 1.35 bits per heavy atom. The summed E-state index contributed by atoms with van der Waals surface area (Å²) in [5, 5.41) is 14.4. The molecule has 1 atom stereocenters. The predicted octanol–water partition coefficient (Wildman–Crippen LogP) is 2.12. The number of aromatic nitrogens is 4.